The molecule has 1 aromatic heterocycles. The van der Waals surface area contributed by atoms with Gasteiger partial charge in [-0.2, -0.15) is 0 Å². The number of rotatable bonds is 5. The summed E-state index contributed by atoms with van der Waals surface area (Å²) >= 11 is 5.66. The van der Waals surface area contributed by atoms with E-state index in [1.54, 1.807) is 6.07 Å². The van der Waals surface area contributed by atoms with Gasteiger partial charge in [0, 0.05) is 12.2 Å². The molecule has 118 valence electrons. The molecule has 0 atom stereocenters. The number of anilines is 1. The molecule has 0 saturated carbocycles. The van der Waals surface area contributed by atoms with Crippen LogP contribution < -0.4 is 10.6 Å². The first-order chi connectivity index (χ1) is 11.0. The van der Waals surface area contributed by atoms with Crippen molar-refractivity contribution in [2.24, 2.45) is 0 Å². The molecule has 0 radical (unpaired) electrons. The van der Waals surface area contributed by atoms with E-state index in [2.05, 4.69) is 22.2 Å². The predicted molar refractivity (Wildman–Crippen MR) is 86.1 cm³/mol. The van der Waals surface area contributed by atoms with E-state index in [1.807, 2.05) is 0 Å². The van der Waals surface area contributed by atoms with Crippen LogP contribution in [0.5, 0.6) is 0 Å². The monoisotopic (exact) mass is 333 g/mol. The maximum atomic E-state index is 13.1. The number of hydrogen-bond acceptors (Lipinski definition) is 3. The molecule has 0 saturated heterocycles. The topological polar surface area (TPSA) is 71.1 Å². The summed E-state index contributed by atoms with van der Waals surface area (Å²) in [6.07, 6.45) is 1.53. The van der Waals surface area contributed by atoms with E-state index in [4.69, 9.17) is 11.6 Å². The highest BCUT2D eigenvalue weighted by molar-refractivity contribution is 6.31. The molecule has 0 unspecified atom stereocenters. The third-order valence-electron chi connectivity index (χ3n) is 2.80. The fraction of sp³-hybridized carbons (Fsp3) is 0.0625. The lowest BCUT2D eigenvalue weighted by Gasteiger charge is -2.07. The van der Waals surface area contributed by atoms with Gasteiger partial charge in [0.2, 0.25) is 0 Å². The second-order valence-electron chi connectivity index (χ2n) is 4.49. The van der Waals surface area contributed by atoms with Gasteiger partial charge < -0.3 is 10.6 Å². The first kappa shape index (κ1) is 16.6. The van der Waals surface area contributed by atoms with E-state index in [1.165, 1.54) is 30.3 Å². The van der Waals surface area contributed by atoms with Crippen LogP contribution in [0, 0.1) is 5.82 Å². The summed E-state index contributed by atoms with van der Waals surface area (Å²) in [5, 5.41) is 5.00. The number of halogens is 2. The third-order valence-corrected chi connectivity index (χ3v) is 3.09. The summed E-state index contributed by atoms with van der Waals surface area (Å²) in [4.78, 5) is 27.9. The number of amides is 2. The summed E-state index contributed by atoms with van der Waals surface area (Å²) in [6.45, 7) is 3.79. The van der Waals surface area contributed by atoms with E-state index >= 15 is 0 Å². The molecule has 0 spiro atoms. The molecule has 0 bridgehead atoms. The van der Waals surface area contributed by atoms with E-state index in [0.717, 1.165) is 6.07 Å². The van der Waals surface area contributed by atoms with Crippen molar-refractivity contribution in [3.8, 4) is 0 Å². The summed E-state index contributed by atoms with van der Waals surface area (Å²) in [5.74, 6) is -1.53. The smallest absolute Gasteiger partial charge is 0.274 e. The zero-order chi connectivity index (χ0) is 16.8. The summed E-state index contributed by atoms with van der Waals surface area (Å²) in [6, 6.07) is 8.30. The lowest BCUT2D eigenvalue weighted by Crippen LogP contribution is -2.25. The number of hydrogen-bond donors (Lipinski definition) is 2. The van der Waals surface area contributed by atoms with Gasteiger partial charge in [0.25, 0.3) is 11.8 Å². The van der Waals surface area contributed by atoms with Crippen LogP contribution in [0.3, 0.4) is 0 Å². The Morgan fingerprint density at radius 3 is 2.57 bits per heavy atom. The maximum Gasteiger partial charge on any atom is 0.274 e. The van der Waals surface area contributed by atoms with Crippen LogP contribution in [0.1, 0.15) is 21.0 Å². The Morgan fingerprint density at radius 2 is 1.91 bits per heavy atom. The maximum absolute atomic E-state index is 13.1. The molecule has 1 heterocycles. The molecular weight excluding hydrogens is 321 g/mol. The average molecular weight is 334 g/mol. The van der Waals surface area contributed by atoms with Gasteiger partial charge in [0.1, 0.15) is 17.2 Å². The molecule has 2 amide bonds. The van der Waals surface area contributed by atoms with E-state index in [-0.39, 0.29) is 16.4 Å². The summed E-state index contributed by atoms with van der Waals surface area (Å²) in [5.41, 5.74) is 0.484. The van der Waals surface area contributed by atoms with Crippen molar-refractivity contribution in [1.29, 1.82) is 0 Å². The van der Waals surface area contributed by atoms with Gasteiger partial charge in [-0.1, -0.05) is 23.7 Å². The quantitative estimate of drug-likeness (QED) is 0.826. The second-order valence-corrected chi connectivity index (χ2v) is 4.90. The Balaban J connectivity index is 2.14. The normalized spacial score (nSPS) is 10.0. The molecule has 0 fully saturated rings. The van der Waals surface area contributed by atoms with Crippen LogP contribution in [-0.2, 0) is 0 Å². The fourth-order valence-corrected chi connectivity index (χ4v) is 1.89. The number of pyridine rings is 1. The molecule has 5 nitrogen and oxygen atoms in total. The van der Waals surface area contributed by atoms with Crippen molar-refractivity contribution in [3.05, 3.63) is 71.3 Å². The van der Waals surface area contributed by atoms with Crippen LogP contribution in [0.25, 0.3) is 0 Å². The molecule has 0 aliphatic heterocycles. The highest BCUT2D eigenvalue weighted by Crippen LogP contribution is 2.19. The zero-order valence-electron chi connectivity index (χ0n) is 12.0. The van der Waals surface area contributed by atoms with Crippen molar-refractivity contribution in [2.75, 3.05) is 11.9 Å². The predicted octanol–water partition coefficient (Wildman–Crippen LogP) is 3.04. The highest BCUT2D eigenvalue weighted by Gasteiger charge is 2.12. The molecule has 2 aromatic rings. The van der Waals surface area contributed by atoms with Crippen molar-refractivity contribution < 1.29 is 14.0 Å². The Kier molecular flexibility index (Phi) is 5.43. The van der Waals surface area contributed by atoms with Crippen LogP contribution in [-0.4, -0.2) is 23.3 Å². The molecule has 2 rings (SSSR count). The van der Waals surface area contributed by atoms with Gasteiger partial charge in [-0.05, 0) is 30.3 Å². The zero-order valence-corrected chi connectivity index (χ0v) is 12.7. The van der Waals surface area contributed by atoms with Crippen molar-refractivity contribution in [1.82, 2.24) is 10.3 Å². The minimum absolute atomic E-state index is 0.0525. The molecular formula is C16H13ClFN3O2. The minimum atomic E-state index is -0.580. The Labute approximate surface area is 137 Å². The van der Waals surface area contributed by atoms with E-state index < -0.39 is 17.6 Å². The Morgan fingerprint density at radius 1 is 1.22 bits per heavy atom. The summed E-state index contributed by atoms with van der Waals surface area (Å²) in [7, 11) is 0. The van der Waals surface area contributed by atoms with Gasteiger partial charge in [-0.3, -0.25) is 9.59 Å². The van der Waals surface area contributed by atoms with Crippen molar-refractivity contribution in [2.45, 2.75) is 0 Å². The molecule has 2 N–H and O–H groups in total. The Hall–Kier alpha value is -2.73. The van der Waals surface area contributed by atoms with Crippen molar-refractivity contribution in [3.63, 3.8) is 0 Å². The van der Waals surface area contributed by atoms with Crippen LogP contribution >= 0.6 is 11.6 Å². The number of nitrogens with zero attached hydrogens (tertiary/aromatic N) is 1. The van der Waals surface area contributed by atoms with E-state index in [0.29, 0.717) is 12.2 Å². The van der Waals surface area contributed by atoms with Gasteiger partial charge in [-0.15, -0.1) is 6.58 Å². The van der Waals surface area contributed by atoms with Gasteiger partial charge in [0.15, 0.2) is 0 Å². The number of nitrogens with one attached hydrogen (secondary N) is 2. The largest absolute Gasteiger partial charge is 0.347 e. The van der Waals surface area contributed by atoms with Gasteiger partial charge in [0.05, 0.1) is 5.02 Å². The van der Waals surface area contributed by atoms with Crippen LogP contribution in [0.4, 0.5) is 10.1 Å². The van der Waals surface area contributed by atoms with E-state index in [9.17, 15) is 14.0 Å². The number of benzene rings is 1. The molecule has 23 heavy (non-hydrogen) atoms. The number of aromatic nitrogens is 1. The second kappa shape index (κ2) is 7.51. The first-order valence-corrected chi connectivity index (χ1v) is 7.01. The highest BCUT2D eigenvalue weighted by atomic mass is 35.5. The molecule has 7 heteroatoms. The minimum Gasteiger partial charge on any atom is -0.347 e. The van der Waals surface area contributed by atoms with Gasteiger partial charge >= 0.3 is 0 Å². The lowest BCUT2D eigenvalue weighted by molar-refractivity contribution is 0.0953. The first-order valence-electron chi connectivity index (χ1n) is 6.64. The van der Waals surface area contributed by atoms with Gasteiger partial charge in [-0.25, -0.2) is 9.37 Å². The Bertz CT molecular complexity index is 765. The SMILES string of the molecule is C=CCNC(=O)c1cccc(C(=O)Nc2ccc(F)c(Cl)c2)n1. The van der Waals surface area contributed by atoms with Crippen molar-refractivity contribution >= 4 is 29.1 Å². The third kappa shape index (κ3) is 4.37. The lowest BCUT2D eigenvalue weighted by atomic mass is 10.2. The summed E-state index contributed by atoms with van der Waals surface area (Å²) < 4.78 is 13.1. The number of carbonyl (C=O) groups is 2. The fourth-order valence-electron chi connectivity index (χ4n) is 1.71. The molecule has 1 aromatic carbocycles. The molecule has 0 aliphatic rings. The average Bonchev–Trinajstić information content (AvgIpc) is 2.56. The van der Waals surface area contributed by atoms with Crippen LogP contribution in [0.2, 0.25) is 5.02 Å². The van der Waals surface area contributed by atoms with Crippen LogP contribution in [0.15, 0.2) is 49.1 Å². The molecule has 0 aliphatic carbocycles. The standard InChI is InChI=1S/C16H13ClFN3O2/c1-2-8-19-15(22)13-4-3-5-14(21-13)16(23)20-10-6-7-12(18)11(17)9-10/h2-7,9H,1,8H2,(H,19,22)(H,20,23). The number of carbonyl (C=O) groups excluding carboxylic acids is 2.